The van der Waals surface area contributed by atoms with E-state index in [2.05, 4.69) is 21.6 Å². The van der Waals surface area contributed by atoms with E-state index in [-0.39, 0.29) is 11.9 Å². The number of nitrogens with zero attached hydrogens (tertiary/aromatic N) is 2. The van der Waals surface area contributed by atoms with Gasteiger partial charge in [-0.2, -0.15) is 0 Å². The molecule has 0 saturated carbocycles. The highest BCUT2D eigenvalue weighted by molar-refractivity contribution is 7.16. The zero-order chi connectivity index (χ0) is 19.1. The van der Waals surface area contributed by atoms with Crippen molar-refractivity contribution < 1.29 is 9.59 Å². The number of nitrogens with one attached hydrogen (secondary N) is 2. The normalized spacial score (nSPS) is 14.8. The molecule has 0 spiro atoms. The van der Waals surface area contributed by atoms with Gasteiger partial charge in [0.1, 0.15) is 0 Å². The third kappa shape index (κ3) is 6.23. The molecule has 1 fully saturated rings. The highest BCUT2D eigenvalue weighted by Crippen LogP contribution is 2.23. The van der Waals surface area contributed by atoms with Crippen molar-refractivity contribution in [2.75, 3.05) is 38.0 Å². The number of halogens is 1. The van der Waals surface area contributed by atoms with Gasteiger partial charge in [0.2, 0.25) is 5.91 Å². The highest BCUT2D eigenvalue weighted by Gasteiger charge is 2.21. The Hall–Kier alpha value is -2.09. The van der Waals surface area contributed by atoms with Crippen LogP contribution < -0.4 is 10.6 Å². The molecule has 1 aromatic heterocycles. The van der Waals surface area contributed by atoms with Crippen LogP contribution in [-0.2, 0) is 11.3 Å². The van der Waals surface area contributed by atoms with Crippen molar-refractivity contribution in [2.45, 2.75) is 13.0 Å². The van der Waals surface area contributed by atoms with Crippen LogP contribution in [0.25, 0.3) is 0 Å². The van der Waals surface area contributed by atoms with E-state index in [9.17, 15) is 9.59 Å². The lowest BCUT2D eigenvalue weighted by molar-refractivity contribution is -0.132. The zero-order valence-electron chi connectivity index (χ0n) is 15.0. The molecule has 1 aliphatic heterocycles. The zero-order valence-corrected chi connectivity index (χ0v) is 16.6. The van der Waals surface area contributed by atoms with Crippen LogP contribution in [0.4, 0.5) is 10.5 Å². The lowest BCUT2D eigenvalue weighted by Gasteiger charge is -2.34. The van der Waals surface area contributed by atoms with E-state index in [4.69, 9.17) is 11.6 Å². The van der Waals surface area contributed by atoms with Gasteiger partial charge in [0.05, 0.1) is 4.34 Å². The number of benzene rings is 1. The van der Waals surface area contributed by atoms with E-state index in [1.165, 1.54) is 4.88 Å². The highest BCUT2D eigenvalue weighted by atomic mass is 35.5. The van der Waals surface area contributed by atoms with Crippen molar-refractivity contribution in [3.63, 3.8) is 0 Å². The molecule has 1 saturated heterocycles. The van der Waals surface area contributed by atoms with E-state index in [1.807, 2.05) is 41.3 Å². The first-order valence-electron chi connectivity index (χ1n) is 8.94. The van der Waals surface area contributed by atoms with Gasteiger partial charge < -0.3 is 15.5 Å². The number of hydrogen-bond acceptors (Lipinski definition) is 4. The van der Waals surface area contributed by atoms with Crippen LogP contribution >= 0.6 is 22.9 Å². The number of amides is 3. The summed E-state index contributed by atoms with van der Waals surface area (Å²) in [7, 11) is 0. The SMILES string of the molecule is O=C(NCCC(=O)N1CCN(Cc2ccc(Cl)s2)CC1)Nc1ccccc1. The maximum Gasteiger partial charge on any atom is 0.319 e. The van der Waals surface area contributed by atoms with Crippen LogP contribution in [0.15, 0.2) is 42.5 Å². The van der Waals surface area contributed by atoms with Gasteiger partial charge in [-0.05, 0) is 24.3 Å². The summed E-state index contributed by atoms with van der Waals surface area (Å²) < 4.78 is 0.808. The van der Waals surface area contributed by atoms with Crippen molar-refractivity contribution in [2.24, 2.45) is 0 Å². The molecule has 6 nitrogen and oxygen atoms in total. The molecule has 2 aromatic rings. The van der Waals surface area contributed by atoms with Crippen LogP contribution in [0.1, 0.15) is 11.3 Å². The second-order valence-corrected chi connectivity index (χ2v) is 8.16. The van der Waals surface area contributed by atoms with Crippen LogP contribution in [0.3, 0.4) is 0 Å². The fourth-order valence-electron chi connectivity index (χ4n) is 2.95. The fraction of sp³-hybridized carbons (Fsp3) is 0.368. The molecule has 3 amide bonds. The fourth-order valence-corrected chi connectivity index (χ4v) is 4.08. The molecule has 1 aliphatic rings. The third-order valence-electron chi connectivity index (χ3n) is 4.39. The molecule has 8 heteroatoms. The molecule has 0 radical (unpaired) electrons. The van der Waals surface area contributed by atoms with E-state index >= 15 is 0 Å². The average Bonchev–Trinajstić information content (AvgIpc) is 3.08. The van der Waals surface area contributed by atoms with Gasteiger partial charge in [-0.25, -0.2) is 4.79 Å². The molecule has 27 heavy (non-hydrogen) atoms. The molecule has 0 bridgehead atoms. The second-order valence-electron chi connectivity index (χ2n) is 6.36. The van der Waals surface area contributed by atoms with Crippen molar-refractivity contribution in [3.8, 4) is 0 Å². The largest absolute Gasteiger partial charge is 0.340 e. The molecular formula is C19H23ClN4O2S. The van der Waals surface area contributed by atoms with Gasteiger partial charge in [0.25, 0.3) is 0 Å². The average molecular weight is 407 g/mol. The second kappa shape index (κ2) is 9.73. The first-order chi connectivity index (χ1) is 13.1. The topological polar surface area (TPSA) is 64.7 Å². The van der Waals surface area contributed by atoms with Gasteiger partial charge in [0, 0.05) is 56.3 Å². The summed E-state index contributed by atoms with van der Waals surface area (Å²) in [6, 6.07) is 12.9. The van der Waals surface area contributed by atoms with E-state index in [1.54, 1.807) is 11.3 Å². The number of piperazine rings is 1. The molecule has 2 heterocycles. The van der Waals surface area contributed by atoms with Gasteiger partial charge in [-0.1, -0.05) is 29.8 Å². The first kappa shape index (κ1) is 19.7. The summed E-state index contributed by atoms with van der Waals surface area (Å²) in [6.45, 7) is 4.33. The monoisotopic (exact) mass is 406 g/mol. The maximum absolute atomic E-state index is 12.3. The first-order valence-corrected chi connectivity index (χ1v) is 10.1. The van der Waals surface area contributed by atoms with Crippen molar-refractivity contribution >= 4 is 40.6 Å². The van der Waals surface area contributed by atoms with E-state index in [0.717, 1.165) is 29.7 Å². The summed E-state index contributed by atoms with van der Waals surface area (Å²) in [5.74, 6) is 0.0776. The predicted octanol–water partition coefficient (Wildman–Crippen LogP) is 3.26. The lowest BCUT2D eigenvalue weighted by atomic mass is 10.2. The van der Waals surface area contributed by atoms with E-state index in [0.29, 0.717) is 26.1 Å². The Balaban J connectivity index is 1.33. The predicted molar refractivity (Wildman–Crippen MR) is 109 cm³/mol. The molecule has 0 atom stereocenters. The Morgan fingerprint density at radius 3 is 2.44 bits per heavy atom. The number of carbonyl (C=O) groups excluding carboxylic acids is 2. The number of rotatable bonds is 6. The van der Waals surface area contributed by atoms with Crippen LogP contribution in [0, 0.1) is 0 Å². The molecule has 1 aromatic carbocycles. The van der Waals surface area contributed by atoms with Gasteiger partial charge in [-0.15, -0.1) is 11.3 Å². The number of thiophene rings is 1. The summed E-state index contributed by atoms with van der Waals surface area (Å²) in [4.78, 5) is 29.6. The molecule has 2 N–H and O–H groups in total. The standard InChI is InChI=1S/C19H23ClN4O2S/c20-17-7-6-16(27-17)14-23-10-12-24(13-11-23)18(25)8-9-21-19(26)22-15-4-2-1-3-5-15/h1-7H,8-14H2,(H2,21,22,26). The third-order valence-corrected chi connectivity index (χ3v) is 5.61. The minimum absolute atomic E-state index is 0.0776. The van der Waals surface area contributed by atoms with Gasteiger partial charge >= 0.3 is 6.03 Å². The molecule has 0 unspecified atom stereocenters. The summed E-state index contributed by atoms with van der Waals surface area (Å²) >= 11 is 7.57. The smallest absolute Gasteiger partial charge is 0.319 e. The van der Waals surface area contributed by atoms with Crippen molar-refractivity contribution in [1.82, 2.24) is 15.1 Å². The van der Waals surface area contributed by atoms with Crippen molar-refractivity contribution in [1.29, 1.82) is 0 Å². The Kier molecular flexibility index (Phi) is 7.09. The summed E-state index contributed by atoms with van der Waals surface area (Å²) in [5, 5.41) is 5.46. The Bertz CT molecular complexity index is 760. The van der Waals surface area contributed by atoms with Crippen LogP contribution in [0.2, 0.25) is 4.34 Å². The van der Waals surface area contributed by atoms with Gasteiger partial charge in [-0.3, -0.25) is 9.69 Å². The molecular weight excluding hydrogens is 384 g/mol. The van der Waals surface area contributed by atoms with Crippen LogP contribution in [-0.4, -0.2) is 54.5 Å². The van der Waals surface area contributed by atoms with Gasteiger partial charge in [0.15, 0.2) is 0 Å². The Morgan fingerprint density at radius 2 is 1.78 bits per heavy atom. The molecule has 0 aliphatic carbocycles. The number of urea groups is 1. The number of para-hydroxylation sites is 1. The molecule has 144 valence electrons. The van der Waals surface area contributed by atoms with Crippen LogP contribution in [0.5, 0.6) is 0 Å². The lowest BCUT2D eigenvalue weighted by Crippen LogP contribution is -2.48. The maximum atomic E-state index is 12.3. The Morgan fingerprint density at radius 1 is 1.04 bits per heavy atom. The quantitative estimate of drug-likeness (QED) is 0.773. The Labute approximate surface area is 168 Å². The number of carbonyl (C=O) groups is 2. The molecule has 3 rings (SSSR count). The minimum atomic E-state index is -0.298. The minimum Gasteiger partial charge on any atom is -0.340 e. The number of hydrogen-bond donors (Lipinski definition) is 2. The van der Waals surface area contributed by atoms with Crippen molar-refractivity contribution in [3.05, 3.63) is 51.7 Å². The summed E-state index contributed by atoms with van der Waals surface area (Å²) in [6.07, 6.45) is 0.308. The summed E-state index contributed by atoms with van der Waals surface area (Å²) in [5.41, 5.74) is 0.726. The van der Waals surface area contributed by atoms with E-state index < -0.39 is 0 Å². The number of anilines is 1.